The first-order valence-electron chi connectivity index (χ1n) is 6.82. The average Bonchev–Trinajstić information content (AvgIpc) is 3.06. The zero-order chi connectivity index (χ0) is 14.1. The number of Topliss-reactive ketones (excluding diaryl/α,β-unsaturated/α-hetero) is 1. The molecule has 1 aliphatic rings. The molecule has 1 atom stereocenters. The van der Waals surface area contributed by atoms with E-state index in [-0.39, 0.29) is 11.0 Å². The lowest BCUT2D eigenvalue weighted by Crippen LogP contribution is -2.14. The van der Waals surface area contributed by atoms with Gasteiger partial charge in [-0.05, 0) is 43.4 Å². The van der Waals surface area contributed by atoms with Gasteiger partial charge < -0.3 is 4.57 Å². The van der Waals surface area contributed by atoms with Crippen molar-refractivity contribution in [1.82, 2.24) is 14.8 Å². The number of aryl methyl sites for hydroxylation is 3. The maximum Gasteiger partial charge on any atom is 0.191 e. The summed E-state index contributed by atoms with van der Waals surface area (Å²) in [4.78, 5) is 12.5. The highest BCUT2D eigenvalue weighted by Crippen LogP contribution is 2.27. The van der Waals surface area contributed by atoms with E-state index in [0.717, 1.165) is 23.6 Å². The van der Waals surface area contributed by atoms with Gasteiger partial charge in [0.2, 0.25) is 0 Å². The summed E-state index contributed by atoms with van der Waals surface area (Å²) in [6.45, 7) is 1.93. The van der Waals surface area contributed by atoms with Crippen LogP contribution < -0.4 is 0 Å². The third kappa shape index (κ3) is 2.50. The number of aromatic nitrogens is 3. The average molecular weight is 287 g/mol. The molecule has 0 saturated carbocycles. The Balaban J connectivity index is 1.76. The van der Waals surface area contributed by atoms with E-state index in [1.807, 2.05) is 24.6 Å². The van der Waals surface area contributed by atoms with Crippen molar-refractivity contribution in [1.29, 1.82) is 0 Å². The maximum atomic E-state index is 12.5. The van der Waals surface area contributed by atoms with E-state index in [0.29, 0.717) is 0 Å². The molecule has 0 N–H and O–H groups in total. The van der Waals surface area contributed by atoms with Gasteiger partial charge in [0.1, 0.15) is 6.33 Å². The molecule has 1 aromatic heterocycles. The van der Waals surface area contributed by atoms with Crippen molar-refractivity contribution in [3.05, 3.63) is 41.2 Å². The number of rotatable bonds is 4. The van der Waals surface area contributed by atoms with E-state index in [2.05, 4.69) is 22.3 Å². The molecule has 0 unspecified atom stereocenters. The summed E-state index contributed by atoms with van der Waals surface area (Å²) in [5, 5.41) is 8.46. The summed E-state index contributed by atoms with van der Waals surface area (Å²) in [5.41, 5.74) is 3.55. The number of nitrogens with zero attached hydrogens (tertiary/aromatic N) is 3. The summed E-state index contributed by atoms with van der Waals surface area (Å²) in [6, 6.07) is 6.13. The lowest BCUT2D eigenvalue weighted by Gasteiger charge is -2.10. The van der Waals surface area contributed by atoms with Gasteiger partial charge in [0, 0.05) is 12.6 Å². The molecule has 0 aliphatic heterocycles. The Kier molecular flexibility index (Phi) is 3.61. The Morgan fingerprint density at radius 1 is 1.35 bits per heavy atom. The number of fused-ring (bicyclic) bond motifs is 1. The molecule has 1 aromatic carbocycles. The summed E-state index contributed by atoms with van der Waals surface area (Å²) >= 11 is 1.45. The van der Waals surface area contributed by atoms with Crippen LogP contribution in [0.3, 0.4) is 0 Å². The van der Waals surface area contributed by atoms with Crippen LogP contribution in [0.15, 0.2) is 29.7 Å². The van der Waals surface area contributed by atoms with E-state index >= 15 is 0 Å². The van der Waals surface area contributed by atoms with Crippen molar-refractivity contribution < 1.29 is 4.79 Å². The van der Waals surface area contributed by atoms with Gasteiger partial charge in [-0.1, -0.05) is 23.9 Å². The molecule has 0 bridgehead atoms. The topological polar surface area (TPSA) is 47.8 Å². The standard InChI is InChI=1S/C15H17N3OS/c1-10(20-15-17-16-9-18(15)2)14(19)13-7-6-11-4-3-5-12(11)8-13/h6-10H,3-5H2,1-2H3/t10-/m1/s1. The fourth-order valence-corrected chi connectivity index (χ4v) is 3.42. The Morgan fingerprint density at radius 3 is 2.90 bits per heavy atom. The monoisotopic (exact) mass is 287 g/mol. The van der Waals surface area contributed by atoms with Gasteiger partial charge in [-0.2, -0.15) is 0 Å². The van der Waals surface area contributed by atoms with Crippen LogP contribution in [0.2, 0.25) is 0 Å². The second-order valence-corrected chi connectivity index (χ2v) is 6.49. The molecule has 4 nitrogen and oxygen atoms in total. The number of benzene rings is 1. The van der Waals surface area contributed by atoms with Gasteiger partial charge in [0.25, 0.3) is 0 Å². The van der Waals surface area contributed by atoms with Crippen molar-refractivity contribution in [3.63, 3.8) is 0 Å². The minimum absolute atomic E-state index is 0.155. The molecule has 0 fully saturated rings. The molecule has 5 heteroatoms. The molecule has 0 amide bonds. The van der Waals surface area contributed by atoms with Gasteiger partial charge >= 0.3 is 0 Å². The van der Waals surface area contributed by atoms with E-state index in [1.54, 1.807) is 6.33 Å². The molecular formula is C15H17N3OS. The zero-order valence-corrected chi connectivity index (χ0v) is 12.5. The molecule has 0 radical (unpaired) electrons. The van der Waals surface area contributed by atoms with Gasteiger partial charge in [0.15, 0.2) is 10.9 Å². The lowest BCUT2D eigenvalue weighted by atomic mass is 10.0. The molecule has 104 valence electrons. The second kappa shape index (κ2) is 5.40. The van der Waals surface area contributed by atoms with Crippen LogP contribution >= 0.6 is 11.8 Å². The molecule has 1 heterocycles. The van der Waals surface area contributed by atoms with Crippen LogP contribution in [-0.4, -0.2) is 25.8 Å². The first-order chi connectivity index (χ1) is 9.65. The van der Waals surface area contributed by atoms with Gasteiger partial charge in [0.05, 0.1) is 5.25 Å². The SMILES string of the molecule is C[C@@H](Sc1nncn1C)C(=O)c1ccc2c(c1)CCC2. The number of carbonyl (C=O) groups excluding carboxylic acids is 1. The van der Waals surface area contributed by atoms with Crippen LogP contribution in [0.5, 0.6) is 0 Å². The molecule has 0 saturated heterocycles. The summed E-state index contributed by atoms with van der Waals surface area (Å²) in [6.07, 6.45) is 5.10. The van der Waals surface area contributed by atoms with E-state index in [4.69, 9.17) is 0 Å². The van der Waals surface area contributed by atoms with Crippen molar-refractivity contribution >= 4 is 17.5 Å². The number of hydrogen-bond donors (Lipinski definition) is 0. The highest BCUT2D eigenvalue weighted by atomic mass is 32.2. The third-order valence-electron chi connectivity index (χ3n) is 3.70. The minimum Gasteiger partial charge on any atom is -0.312 e. The summed E-state index contributed by atoms with van der Waals surface area (Å²) < 4.78 is 1.83. The first kappa shape index (κ1) is 13.4. The molecular weight excluding hydrogens is 270 g/mol. The summed E-state index contributed by atoms with van der Waals surface area (Å²) in [7, 11) is 1.88. The fourth-order valence-electron chi connectivity index (χ4n) is 2.55. The van der Waals surface area contributed by atoms with Crippen LogP contribution in [0.25, 0.3) is 0 Å². The number of thioether (sulfide) groups is 1. The quantitative estimate of drug-likeness (QED) is 0.641. The van der Waals surface area contributed by atoms with Gasteiger partial charge in [-0.3, -0.25) is 4.79 Å². The highest BCUT2D eigenvalue weighted by molar-refractivity contribution is 8.00. The van der Waals surface area contributed by atoms with Gasteiger partial charge in [-0.25, -0.2) is 0 Å². The molecule has 3 rings (SSSR count). The molecule has 20 heavy (non-hydrogen) atoms. The number of ketones is 1. The Labute approximate surface area is 122 Å². The second-order valence-electron chi connectivity index (χ2n) is 5.19. The van der Waals surface area contributed by atoms with E-state index in [1.165, 1.54) is 29.3 Å². The van der Waals surface area contributed by atoms with Crippen molar-refractivity contribution in [2.45, 2.75) is 36.6 Å². The Bertz CT molecular complexity index is 650. The smallest absolute Gasteiger partial charge is 0.191 e. The van der Waals surface area contributed by atoms with Crippen molar-refractivity contribution in [3.8, 4) is 0 Å². The molecule has 0 spiro atoms. The van der Waals surface area contributed by atoms with Gasteiger partial charge in [-0.15, -0.1) is 10.2 Å². The lowest BCUT2D eigenvalue weighted by molar-refractivity contribution is 0.0994. The van der Waals surface area contributed by atoms with Crippen LogP contribution in [0.4, 0.5) is 0 Å². The fraction of sp³-hybridized carbons (Fsp3) is 0.400. The van der Waals surface area contributed by atoms with E-state index < -0.39 is 0 Å². The van der Waals surface area contributed by atoms with Crippen LogP contribution in [-0.2, 0) is 19.9 Å². The van der Waals surface area contributed by atoms with Crippen molar-refractivity contribution in [2.75, 3.05) is 0 Å². The highest BCUT2D eigenvalue weighted by Gasteiger charge is 2.20. The largest absolute Gasteiger partial charge is 0.312 e. The van der Waals surface area contributed by atoms with Crippen LogP contribution in [0, 0.1) is 0 Å². The third-order valence-corrected chi connectivity index (χ3v) is 4.85. The van der Waals surface area contributed by atoms with Crippen molar-refractivity contribution in [2.24, 2.45) is 7.05 Å². The Morgan fingerprint density at radius 2 is 2.15 bits per heavy atom. The number of carbonyl (C=O) groups is 1. The zero-order valence-electron chi connectivity index (χ0n) is 11.7. The van der Waals surface area contributed by atoms with Crippen LogP contribution in [0.1, 0.15) is 34.8 Å². The Hall–Kier alpha value is -1.62. The molecule has 2 aromatic rings. The minimum atomic E-state index is -0.155. The van der Waals surface area contributed by atoms with E-state index in [9.17, 15) is 4.79 Å². The summed E-state index contributed by atoms with van der Waals surface area (Å²) in [5.74, 6) is 0.160. The maximum absolute atomic E-state index is 12.5. The number of hydrogen-bond acceptors (Lipinski definition) is 4. The normalized spacial score (nSPS) is 15.1. The predicted molar refractivity (Wildman–Crippen MR) is 79.1 cm³/mol. The molecule has 1 aliphatic carbocycles. The predicted octanol–water partition coefficient (Wildman–Crippen LogP) is 2.67. The first-order valence-corrected chi connectivity index (χ1v) is 7.70.